The number of carboxylic acid groups (broad SMARTS) is 1. The van der Waals surface area contributed by atoms with Crippen LogP contribution in [0.4, 0.5) is 5.13 Å². The molecule has 27 heavy (non-hydrogen) atoms. The molecule has 1 aromatic rings. The third-order valence-corrected chi connectivity index (χ3v) is 6.76. The highest BCUT2D eigenvalue weighted by molar-refractivity contribution is 9.14. The van der Waals surface area contributed by atoms with Crippen molar-refractivity contribution in [3.63, 3.8) is 0 Å². The molecule has 11 heteroatoms. The normalized spacial score (nSPS) is 21.7. The van der Waals surface area contributed by atoms with E-state index in [2.05, 4.69) is 47.2 Å². The zero-order chi connectivity index (χ0) is 20.1. The lowest BCUT2D eigenvalue weighted by atomic mass is 10.0. The van der Waals surface area contributed by atoms with Gasteiger partial charge in [-0.3, -0.25) is 4.79 Å². The van der Waals surface area contributed by atoms with E-state index in [1.807, 2.05) is 11.8 Å². The molecule has 2 heterocycles. The minimum atomic E-state index is -0.988. The number of aromatic nitrogens is 1. The average molecular weight is 524 g/mol. The van der Waals surface area contributed by atoms with Crippen LogP contribution in [0.15, 0.2) is 20.3 Å². The van der Waals surface area contributed by atoms with Crippen LogP contribution in [0.1, 0.15) is 29.9 Å². The molecule has 148 valence electrons. The van der Waals surface area contributed by atoms with Crippen molar-refractivity contribution in [1.29, 1.82) is 0 Å². The van der Waals surface area contributed by atoms with Crippen molar-refractivity contribution in [1.82, 2.24) is 10.3 Å². The second kappa shape index (κ2) is 9.76. The number of amides is 1. The van der Waals surface area contributed by atoms with Crippen LogP contribution in [-0.2, 0) is 9.53 Å². The lowest BCUT2D eigenvalue weighted by Gasteiger charge is -2.37. The molecule has 1 aliphatic heterocycles. The highest BCUT2D eigenvalue weighted by Crippen LogP contribution is 2.26. The summed E-state index contributed by atoms with van der Waals surface area (Å²) in [5.41, 5.74) is 0.337. The van der Waals surface area contributed by atoms with Gasteiger partial charge in [0.1, 0.15) is 15.2 Å². The van der Waals surface area contributed by atoms with Gasteiger partial charge in [0.15, 0.2) is 5.13 Å². The number of carbonyl (C=O) groups excluding carboxylic acids is 1. The molecule has 1 aromatic heterocycles. The molecule has 1 fully saturated rings. The van der Waals surface area contributed by atoms with Gasteiger partial charge in [0.2, 0.25) is 0 Å². The molecule has 1 amide bonds. The number of methoxy groups -OCH3 is 1. The van der Waals surface area contributed by atoms with Crippen molar-refractivity contribution < 1.29 is 19.4 Å². The first-order valence-corrected chi connectivity index (χ1v) is 10.5. The fourth-order valence-electron chi connectivity index (χ4n) is 2.55. The summed E-state index contributed by atoms with van der Waals surface area (Å²) in [5.74, 6) is -1.25. The zero-order valence-corrected chi connectivity index (χ0v) is 19.0. The smallest absolute Gasteiger partial charge is 0.347 e. The number of nitrogens with zero attached hydrogens (tertiary/aromatic N) is 3. The van der Waals surface area contributed by atoms with Crippen molar-refractivity contribution >= 4 is 65.9 Å². The molecule has 1 saturated heterocycles. The van der Waals surface area contributed by atoms with Crippen LogP contribution in [0.3, 0.4) is 0 Å². The van der Waals surface area contributed by atoms with E-state index in [0.717, 1.165) is 15.8 Å². The first kappa shape index (κ1) is 22.0. The number of thiazole rings is 1. The van der Waals surface area contributed by atoms with E-state index < -0.39 is 5.97 Å². The second-order valence-corrected chi connectivity index (χ2v) is 8.87. The van der Waals surface area contributed by atoms with Gasteiger partial charge in [0.25, 0.3) is 5.91 Å². The van der Waals surface area contributed by atoms with Crippen LogP contribution in [0.5, 0.6) is 0 Å². The summed E-state index contributed by atoms with van der Waals surface area (Å²) in [7, 11) is 1.59. The third kappa shape index (κ3) is 5.84. The second-order valence-electron chi connectivity index (χ2n) is 5.92. The number of carbonyl (C=O) groups is 2. The number of halogens is 2. The monoisotopic (exact) mass is 522 g/mol. The van der Waals surface area contributed by atoms with Crippen LogP contribution in [0.25, 0.3) is 0 Å². The van der Waals surface area contributed by atoms with Crippen molar-refractivity contribution in [2.75, 3.05) is 25.1 Å². The molecular weight excluding hydrogens is 504 g/mol. The number of carboxylic acids is 1. The van der Waals surface area contributed by atoms with Crippen LogP contribution < -0.4 is 10.2 Å². The van der Waals surface area contributed by atoms with Crippen LogP contribution >= 0.6 is 43.2 Å². The first-order valence-electron chi connectivity index (χ1n) is 8.07. The van der Waals surface area contributed by atoms with E-state index in [-0.39, 0.29) is 22.9 Å². The largest absolute Gasteiger partial charge is 0.477 e. The van der Waals surface area contributed by atoms with E-state index in [9.17, 15) is 9.59 Å². The summed E-state index contributed by atoms with van der Waals surface area (Å²) in [4.78, 5) is 34.0. The summed E-state index contributed by atoms with van der Waals surface area (Å²) in [6.07, 6.45) is 1.76. The SMILES string of the molecule is CO[C@H]1CN(c2ncc(C(=O)O)s2)CCC1NC(=O)/C(C)=N/C(Br)=C(\C)Br. The van der Waals surface area contributed by atoms with Crippen LogP contribution in [0, 0.1) is 0 Å². The topological polar surface area (TPSA) is 104 Å². The summed E-state index contributed by atoms with van der Waals surface area (Å²) in [6.45, 7) is 4.61. The fourth-order valence-corrected chi connectivity index (χ4v) is 3.70. The van der Waals surface area contributed by atoms with Crippen molar-refractivity contribution in [3.8, 4) is 0 Å². The molecule has 0 aromatic carbocycles. The Kier molecular flexibility index (Phi) is 7.95. The number of allylic oxidation sites excluding steroid dienone is 1. The standard InChI is InChI=1S/C16H20Br2N4O4S/c1-8(17)13(18)20-9(2)14(23)21-10-4-5-22(7-11(10)26-3)16-19-6-12(27-16)15(24)25/h6,10-11H,4-5,7H2,1-3H3,(H,21,23)(H,24,25)/b13-8+,20-9+/t10?,11-/m0/s1. The number of anilines is 1. The van der Waals surface area contributed by atoms with Gasteiger partial charge < -0.3 is 20.1 Å². The van der Waals surface area contributed by atoms with E-state index in [1.165, 1.54) is 6.20 Å². The Morgan fingerprint density at radius 3 is 2.70 bits per heavy atom. The molecule has 0 aliphatic carbocycles. The average Bonchev–Trinajstić information content (AvgIpc) is 3.12. The molecular formula is C16H20Br2N4O4S. The van der Waals surface area contributed by atoms with Crippen LogP contribution in [0.2, 0.25) is 0 Å². The van der Waals surface area contributed by atoms with Gasteiger partial charge in [0, 0.05) is 24.7 Å². The molecule has 0 bridgehead atoms. The molecule has 1 unspecified atom stereocenters. The minimum Gasteiger partial charge on any atom is -0.477 e. The number of ether oxygens (including phenoxy) is 1. The number of hydrogen-bond donors (Lipinski definition) is 2. The zero-order valence-electron chi connectivity index (χ0n) is 15.0. The number of aliphatic imine (C=N–C) groups is 1. The maximum Gasteiger partial charge on any atom is 0.347 e. The van der Waals surface area contributed by atoms with Gasteiger partial charge in [-0.15, -0.1) is 0 Å². The summed E-state index contributed by atoms with van der Waals surface area (Å²) in [6, 6.07) is -0.171. The molecule has 1 aliphatic rings. The summed E-state index contributed by atoms with van der Waals surface area (Å²) >= 11 is 7.72. The highest BCUT2D eigenvalue weighted by Gasteiger charge is 2.32. The Bertz CT molecular complexity index is 776. The predicted molar refractivity (Wildman–Crippen MR) is 112 cm³/mol. The first-order chi connectivity index (χ1) is 12.7. The van der Waals surface area contributed by atoms with Gasteiger partial charge in [-0.25, -0.2) is 14.8 Å². The maximum absolute atomic E-state index is 12.4. The van der Waals surface area contributed by atoms with Gasteiger partial charge in [0.05, 0.1) is 18.3 Å². The molecule has 2 N–H and O–H groups in total. The quantitative estimate of drug-likeness (QED) is 0.438. The van der Waals surface area contributed by atoms with Crippen molar-refractivity contribution in [2.24, 2.45) is 4.99 Å². The minimum absolute atomic E-state index is 0.171. The number of piperidine rings is 1. The van der Waals surface area contributed by atoms with Gasteiger partial charge in [-0.05, 0) is 36.2 Å². The van der Waals surface area contributed by atoms with E-state index >= 15 is 0 Å². The molecule has 0 saturated carbocycles. The van der Waals surface area contributed by atoms with Gasteiger partial charge in [-0.2, -0.15) is 0 Å². The molecule has 0 radical (unpaired) electrons. The Morgan fingerprint density at radius 2 is 2.15 bits per heavy atom. The lowest BCUT2D eigenvalue weighted by molar-refractivity contribution is -0.116. The third-order valence-electron chi connectivity index (χ3n) is 4.03. The molecule has 0 spiro atoms. The fraction of sp³-hybridized carbons (Fsp3) is 0.500. The van der Waals surface area contributed by atoms with Gasteiger partial charge in [-0.1, -0.05) is 27.3 Å². The number of rotatable bonds is 6. The van der Waals surface area contributed by atoms with E-state index in [0.29, 0.717) is 35.0 Å². The maximum atomic E-state index is 12.4. The van der Waals surface area contributed by atoms with Crippen LogP contribution in [-0.4, -0.2) is 60.0 Å². The number of nitrogens with one attached hydrogen (secondary N) is 1. The molecule has 2 atom stereocenters. The Balaban J connectivity index is 2.03. The highest BCUT2D eigenvalue weighted by atomic mass is 79.9. The Labute approximate surface area is 178 Å². The van der Waals surface area contributed by atoms with Crippen molar-refractivity contribution in [2.45, 2.75) is 32.4 Å². The number of hydrogen-bond acceptors (Lipinski definition) is 7. The molecule has 2 rings (SSSR count). The summed E-state index contributed by atoms with van der Waals surface area (Å²) < 4.78 is 6.90. The predicted octanol–water partition coefficient (Wildman–Crippen LogP) is 2.99. The number of aromatic carboxylic acids is 1. The Morgan fingerprint density at radius 1 is 1.44 bits per heavy atom. The lowest BCUT2D eigenvalue weighted by Crippen LogP contribution is -2.55. The van der Waals surface area contributed by atoms with E-state index in [4.69, 9.17) is 9.84 Å². The Hall–Kier alpha value is -1.30. The summed E-state index contributed by atoms with van der Waals surface area (Å²) in [5, 5.41) is 12.6. The van der Waals surface area contributed by atoms with Crippen molar-refractivity contribution in [3.05, 3.63) is 20.2 Å². The van der Waals surface area contributed by atoms with Gasteiger partial charge >= 0.3 is 5.97 Å². The molecule has 8 nitrogen and oxygen atoms in total. The van der Waals surface area contributed by atoms with E-state index in [1.54, 1.807) is 14.0 Å².